The molecule has 0 bridgehead atoms. The molecule has 8 heavy (non-hydrogen) atoms. The van der Waals surface area contributed by atoms with Gasteiger partial charge in [0.05, 0.1) is 0 Å². The summed E-state index contributed by atoms with van der Waals surface area (Å²) in [5.74, 6) is 3.87. The minimum Gasteiger partial charge on any atom is -0.165 e. The van der Waals surface area contributed by atoms with Crippen LogP contribution in [0.3, 0.4) is 0 Å². The average Bonchev–Trinajstić information content (AvgIpc) is 1.81. The van der Waals surface area contributed by atoms with E-state index >= 15 is 0 Å². The summed E-state index contributed by atoms with van der Waals surface area (Å²) < 4.78 is 0. The molecule has 0 radical (unpaired) electrons. The maximum Gasteiger partial charge on any atom is 0.00863 e. The number of thioether (sulfide) groups is 1. The lowest BCUT2D eigenvalue weighted by Crippen LogP contribution is -1.76. The molecule has 0 spiro atoms. The van der Waals surface area contributed by atoms with Crippen molar-refractivity contribution < 1.29 is 0 Å². The minimum absolute atomic E-state index is 0.945. The zero-order valence-corrected chi connectivity index (χ0v) is 6.13. The maximum atomic E-state index is 5.05. The summed E-state index contributed by atoms with van der Waals surface area (Å²) in [4.78, 5) is 0. The Bertz CT molecular complexity index is 70.9. The molecule has 0 aromatic carbocycles. The summed E-state index contributed by atoms with van der Waals surface area (Å²) in [6.07, 6.45) is 10.6. The first kappa shape index (κ1) is 7.91. The number of unbranched alkanes of at least 4 members (excludes halogenated alkanes) is 2. The van der Waals surface area contributed by atoms with E-state index in [9.17, 15) is 0 Å². The van der Waals surface area contributed by atoms with Gasteiger partial charge in [0.2, 0.25) is 0 Å². The number of hydrogen-bond donors (Lipinski definition) is 0. The lowest BCUT2D eigenvalue weighted by atomic mass is 10.3. The third kappa shape index (κ3) is 5.91. The lowest BCUT2D eigenvalue weighted by Gasteiger charge is -1.90. The third-order valence-corrected chi connectivity index (χ3v) is 1.62. The van der Waals surface area contributed by atoms with E-state index in [1.54, 1.807) is 0 Å². The van der Waals surface area contributed by atoms with Crippen molar-refractivity contribution in [3.05, 3.63) is 0 Å². The molecule has 0 rings (SSSR count). The van der Waals surface area contributed by atoms with Crippen LogP contribution in [-0.2, 0) is 0 Å². The smallest absolute Gasteiger partial charge is 0.00863 e. The quantitative estimate of drug-likeness (QED) is 0.413. The average molecular weight is 128 g/mol. The molecule has 0 amide bonds. The van der Waals surface area contributed by atoms with Gasteiger partial charge >= 0.3 is 0 Å². The molecule has 0 N–H and O–H groups in total. The summed E-state index contributed by atoms with van der Waals surface area (Å²) in [5.41, 5.74) is 0. The second-order valence-electron chi connectivity index (χ2n) is 1.65. The molecule has 0 aromatic rings. The first-order chi connectivity index (χ1) is 3.91. The zero-order chi connectivity index (χ0) is 6.24. The second-order valence-corrected chi connectivity index (χ2v) is 2.64. The van der Waals surface area contributed by atoms with E-state index < -0.39 is 0 Å². The highest BCUT2D eigenvalue weighted by molar-refractivity contribution is 7.98. The molecule has 0 saturated heterocycles. The molecule has 0 aliphatic heterocycles. The molecule has 0 aliphatic rings. The van der Waals surface area contributed by atoms with Crippen molar-refractivity contribution in [2.24, 2.45) is 0 Å². The van der Waals surface area contributed by atoms with E-state index in [4.69, 9.17) is 6.42 Å². The van der Waals surface area contributed by atoms with Gasteiger partial charge in [-0.05, 0) is 24.9 Å². The van der Waals surface area contributed by atoms with E-state index in [1.165, 1.54) is 18.6 Å². The number of hydrogen-bond acceptors (Lipinski definition) is 1. The molecule has 0 saturated carbocycles. The molecular formula is C7H12S. The van der Waals surface area contributed by atoms with E-state index in [0.29, 0.717) is 0 Å². The van der Waals surface area contributed by atoms with Crippen LogP contribution in [0.1, 0.15) is 19.3 Å². The van der Waals surface area contributed by atoms with Gasteiger partial charge in [0.15, 0.2) is 0 Å². The number of rotatable bonds is 4. The molecule has 0 atom stereocenters. The molecule has 46 valence electrons. The first-order valence-electron chi connectivity index (χ1n) is 2.84. The monoisotopic (exact) mass is 128 g/mol. The van der Waals surface area contributed by atoms with Crippen molar-refractivity contribution in [1.82, 2.24) is 0 Å². The molecule has 0 unspecified atom stereocenters. The van der Waals surface area contributed by atoms with Crippen molar-refractivity contribution in [3.8, 4) is 12.3 Å². The fraction of sp³-hybridized carbons (Fsp3) is 0.714. The molecule has 1 heteroatoms. The highest BCUT2D eigenvalue weighted by Crippen LogP contribution is 2.00. The Morgan fingerprint density at radius 2 is 2.25 bits per heavy atom. The van der Waals surface area contributed by atoms with Gasteiger partial charge < -0.3 is 0 Å². The van der Waals surface area contributed by atoms with Gasteiger partial charge in [-0.1, -0.05) is 0 Å². The third-order valence-electron chi connectivity index (χ3n) is 0.920. The lowest BCUT2D eigenvalue weighted by molar-refractivity contribution is 0.838. The van der Waals surface area contributed by atoms with E-state index in [1.807, 2.05) is 11.8 Å². The van der Waals surface area contributed by atoms with Gasteiger partial charge in [0.25, 0.3) is 0 Å². The van der Waals surface area contributed by atoms with Crippen LogP contribution >= 0.6 is 11.8 Å². The molecule has 0 aliphatic carbocycles. The van der Waals surface area contributed by atoms with Gasteiger partial charge in [-0.2, -0.15) is 11.8 Å². The van der Waals surface area contributed by atoms with Crippen LogP contribution in [0.15, 0.2) is 0 Å². The molecule has 0 aromatic heterocycles. The van der Waals surface area contributed by atoms with Crippen LogP contribution in [-0.4, -0.2) is 12.0 Å². The van der Waals surface area contributed by atoms with E-state index in [2.05, 4.69) is 12.2 Å². The highest BCUT2D eigenvalue weighted by atomic mass is 32.2. The van der Waals surface area contributed by atoms with Crippen LogP contribution in [0.2, 0.25) is 0 Å². The fourth-order valence-corrected chi connectivity index (χ4v) is 0.966. The van der Waals surface area contributed by atoms with Crippen LogP contribution in [0.25, 0.3) is 0 Å². The van der Waals surface area contributed by atoms with E-state index in [-0.39, 0.29) is 0 Å². The SMILES string of the molecule is C#CCCCCSC. The van der Waals surface area contributed by atoms with Gasteiger partial charge in [0.1, 0.15) is 0 Å². The molecular weight excluding hydrogens is 116 g/mol. The van der Waals surface area contributed by atoms with Gasteiger partial charge in [-0.25, -0.2) is 0 Å². The highest BCUT2D eigenvalue weighted by Gasteiger charge is 1.82. The Kier molecular flexibility index (Phi) is 6.83. The Balaban J connectivity index is 2.65. The molecule has 0 fully saturated rings. The summed E-state index contributed by atoms with van der Waals surface area (Å²) in [7, 11) is 0. The topological polar surface area (TPSA) is 0 Å². The molecule has 0 heterocycles. The van der Waals surface area contributed by atoms with Crippen LogP contribution in [0.5, 0.6) is 0 Å². The van der Waals surface area contributed by atoms with Gasteiger partial charge in [-0.3, -0.25) is 0 Å². The van der Waals surface area contributed by atoms with Gasteiger partial charge in [-0.15, -0.1) is 12.3 Å². The Morgan fingerprint density at radius 3 is 2.75 bits per heavy atom. The van der Waals surface area contributed by atoms with Crippen molar-refractivity contribution in [2.45, 2.75) is 19.3 Å². The predicted molar refractivity (Wildman–Crippen MR) is 41.1 cm³/mol. The standard InChI is InChI=1S/C7H12S/c1-3-4-5-6-7-8-2/h1H,4-7H2,2H3. The van der Waals surface area contributed by atoms with E-state index in [0.717, 1.165) is 6.42 Å². The summed E-state index contributed by atoms with van der Waals surface area (Å²) in [5, 5.41) is 0. The van der Waals surface area contributed by atoms with Crippen LogP contribution < -0.4 is 0 Å². The normalized spacial score (nSPS) is 8.50. The fourth-order valence-electron chi connectivity index (χ4n) is 0.473. The Morgan fingerprint density at radius 1 is 1.50 bits per heavy atom. The van der Waals surface area contributed by atoms with Gasteiger partial charge in [0, 0.05) is 6.42 Å². The van der Waals surface area contributed by atoms with Crippen molar-refractivity contribution in [1.29, 1.82) is 0 Å². The van der Waals surface area contributed by atoms with Crippen LogP contribution in [0, 0.1) is 12.3 Å². The summed E-state index contributed by atoms with van der Waals surface area (Å²) >= 11 is 1.88. The maximum absolute atomic E-state index is 5.05. The second kappa shape index (κ2) is 6.91. The van der Waals surface area contributed by atoms with Crippen molar-refractivity contribution >= 4 is 11.8 Å². The van der Waals surface area contributed by atoms with Crippen LogP contribution in [0.4, 0.5) is 0 Å². The largest absolute Gasteiger partial charge is 0.165 e. The number of terminal acetylenes is 1. The zero-order valence-electron chi connectivity index (χ0n) is 5.31. The summed E-state index contributed by atoms with van der Waals surface area (Å²) in [6.45, 7) is 0. The predicted octanol–water partition coefficient (Wildman–Crippen LogP) is 2.15. The van der Waals surface area contributed by atoms with Crippen molar-refractivity contribution in [3.63, 3.8) is 0 Å². The Hall–Kier alpha value is -0.0900. The summed E-state index contributed by atoms with van der Waals surface area (Å²) in [6, 6.07) is 0. The van der Waals surface area contributed by atoms with Crippen molar-refractivity contribution in [2.75, 3.05) is 12.0 Å². The molecule has 0 nitrogen and oxygen atoms in total. The first-order valence-corrected chi connectivity index (χ1v) is 4.23. The minimum atomic E-state index is 0.945. The Labute approximate surface area is 56.1 Å².